The van der Waals surface area contributed by atoms with Crippen LogP contribution in [0.1, 0.15) is 50.7 Å². The molecular weight excluding hydrogens is 384 g/mol. The quantitative estimate of drug-likeness (QED) is 0.526. The van der Waals surface area contributed by atoms with Crippen molar-refractivity contribution < 1.29 is 9.59 Å². The Morgan fingerprint density at radius 1 is 1.00 bits per heavy atom. The topological polar surface area (TPSA) is 49.4 Å². The highest BCUT2D eigenvalue weighted by Crippen LogP contribution is 2.21. The first-order valence-electron chi connectivity index (χ1n) is 10.4. The summed E-state index contributed by atoms with van der Waals surface area (Å²) in [6.07, 6.45) is 3.52. The minimum Gasteiger partial charge on any atom is -0.354 e. The standard InChI is InChI=1S/C24H31ClN2O2/c1-3-5-16-26-24(29)22(17-19-12-7-6-8-13-19)27(23(28)11-4-2)18-20-14-9-10-15-21(20)25/h6-10,12-15,22H,3-5,11,16-18H2,1-2H3,(H,26,29)/t22-/m1/s1. The molecule has 156 valence electrons. The number of halogens is 1. The number of rotatable bonds is 11. The van der Waals surface area contributed by atoms with Crippen LogP contribution in [0.3, 0.4) is 0 Å². The SMILES string of the molecule is CCCCNC(=O)[C@@H](Cc1ccccc1)N(Cc1ccccc1Cl)C(=O)CCC. The Morgan fingerprint density at radius 3 is 2.34 bits per heavy atom. The molecule has 0 aliphatic heterocycles. The number of hydrogen-bond acceptors (Lipinski definition) is 2. The van der Waals surface area contributed by atoms with Gasteiger partial charge in [0.1, 0.15) is 6.04 Å². The Labute approximate surface area is 179 Å². The number of nitrogens with one attached hydrogen (secondary N) is 1. The fraction of sp³-hybridized carbons (Fsp3) is 0.417. The smallest absolute Gasteiger partial charge is 0.243 e. The number of benzene rings is 2. The highest BCUT2D eigenvalue weighted by molar-refractivity contribution is 6.31. The van der Waals surface area contributed by atoms with Gasteiger partial charge in [-0.1, -0.05) is 80.4 Å². The first kappa shape index (κ1) is 23.0. The Hall–Kier alpha value is -2.33. The lowest BCUT2D eigenvalue weighted by Gasteiger charge is -2.32. The highest BCUT2D eigenvalue weighted by Gasteiger charge is 2.30. The molecule has 0 heterocycles. The van der Waals surface area contributed by atoms with Gasteiger partial charge in [-0.25, -0.2) is 0 Å². The van der Waals surface area contributed by atoms with Crippen molar-refractivity contribution in [1.29, 1.82) is 0 Å². The number of carbonyl (C=O) groups excluding carboxylic acids is 2. The summed E-state index contributed by atoms with van der Waals surface area (Å²) in [7, 11) is 0. The van der Waals surface area contributed by atoms with E-state index in [0.717, 1.165) is 30.4 Å². The second-order valence-corrected chi connectivity index (χ2v) is 7.62. The Bertz CT molecular complexity index is 779. The van der Waals surface area contributed by atoms with Crippen molar-refractivity contribution in [3.63, 3.8) is 0 Å². The van der Waals surface area contributed by atoms with E-state index in [4.69, 9.17) is 11.6 Å². The Kier molecular flexibility index (Phi) is 9.72. The van der Waals surface area contributed by atoms with Crippen molar-refractivity contribution in [1.82, 2.24) is 10.2 Å². The van der Waals surface area contributed by atoms with Crippen molar-refractivity contribution in [3.8, 4) is 0 Å². The van der Waals surface area contributed by atoms with Crippen LogP contribution in [0.5, 0.6) is 0 Å². The van der Waals surface area contributed by atoms with Crippen LogP contribution < -0.4 is 5.32 Å². The van der Waals surface area contributed by atoms with Gasteiger partial charge in [0.2, 0.25) is 11.8 Å². The molecular formula is C24H31ClN2O2. The third-order valence-corrected chi connectivity index (χ3v) is 5.23. The van der Waals surface area contributed by atoms with Crippen molar-refractivity contribution in [2.45, 2.75) is 58.5 Å². The van der Waals surface area contributed by atoms with E-state index in [1.165, 1.54) is 0 Å². The van der Waals surface area contributed by atoms with Crippen LogP contribution >= 0.6 is 11.6 Å². The predicted molar refractivity (Wildman–Crippen MR) is 119 cm³/mol. The van der Waals surface area contributed by atoms with E-state index in [1.807, 2.05) is 61.5 Å². The van der Waals surface area contributed by atoms with E-state index >= 15 is 0 Å². The van der Waals surface area contributed by atoms with Crippen LogP contribution in [-0.2, 0) is 22.6 Å². The predicted octanol–water partition coefficient (Wildman–Crippen LogP) is 5.00. The van der Waals surface area contributed by atoms with E-state index in [0.29, 0.717) is 31.0 Å². The van der Waals surface area contributed by atoms with Gasteiger partial charge in [0.25, 0.3) is 0 Å². The second-order valence-electron chi connectivity index (χ2n) is 7.21. The Morgan fingerprint density at radius 2 is 1.69 bits per heavy atom. The normalized spacial score (nSPS) is 11.7. The molecule has 0 aliphatic carbocycles. The first-order valence-corrected chi connectivity index (χ1v) is 10.8. The fourth-order valence-electron chi connectivity index (χ4n) is 3.23. The third-order valence-electron chi connectivity index (χ3n) is 4.86. The van der Waals surface area contributed by atoms with Crippen LogP contribution in [0.25, 0.3) is 0 Å². The Balaban J connectivity index is 2.33. The molecule has 2 rings (SSSR count). The monoisotopic (exact) mass is 414 g/mol. The largest absolute Gasteiger partial charge is 0.354 e. The summed E-state index contributed by atoms with van der Waals surface area (Å²) in [4.78, 5) is 27.8. The molecule has 0 aromatic heterocycles. The van der Waals surface area contributed by atoms with Crippen molar-refractivity contribution >= 4 is 23.4 Å². The van der Waals surface area contributed by atoms with Gasteiger partial charge in [0.15, 0.2) is 0 Å². The summed E-state index contributed by atoms with van der Waals surface area (Å²) >= 11 is 6.36. The maximum atomic E-state index is 13.1. The number of amides is 2. The molecule has 0 aliphatic rings. The zero-order valence-electron chi connectivity index (χ0n) is 17.4. The van der Waals surface area contributed by atoms with Gasteiger partial charge in [-0.3, -0.25) is 9.59 Å². The lowest BCUT2D eigenvalue weighted by molar-refractivity contribution is -0.141. The van der Waals surface area contributed by atoms with E-state index < -0.39 is 6.04 Å². The van der Waals surface area contributed by atoms with Crippen molar-refractivity contribution in [2.75, 3.05) is 6.54 Å². The molecule has 4 nitrogen and oxygen atoms in total. The van der Waals surface area contributed by atoms with Crippen LogP contribution in [0.2, 0.25) is 5.02 Å². The highest BCUT2D eigenvalue weighted by atomic mass is 35.5. The fourth-order valence-corrected chi connectivity index (χ4v) is 3.42. The lowest BCUT2D eigenvalue weighted by Crippen LogP contribution is -2.50. The molecule has 1 N–H and O–H groups in total. The van der Waals surface area contributed by atoms with Crippen molar-refractivity contribution in [2.24, 2.45) is 0 Å². The summed E-state index contributed by atoms with van der Waals surface area (Å²) in [5.74, 6) is -0.141. The van der Waals surface area contributed by atoms with Gasteiger partial charge in [0, 0.05) is 31.0 Å². The van der Waals surface area contributed by atoms with Gasteiger partial charge in [0.05, 0.1) is 0 Å². The molecule has 29 heavy (non-hydrogen) atoms. The second kappa shape index (κ2) is 12.3. The number of carbonyl (C=O) groups is 2. The average Bonchev–Trinajstić information content (AvgIpc) is 2.73. The first-order chi connectivity index (χ1) is 14.1. The summed E-state index contributed by atoms with van der Waals surface area (Å²) in [6.45, 7) is 4.99. The molecule has 0 saturated heterocycles. The van der Waals surface area contributed by atoms with Gasteiger partial charge in [-0.15, -0.1) is 0 Å². The van der Waals surface area contributed by atoms with Crippen LogP contribution in [-0.4, -0.2) is 29.3 Å². The van der Waals surface area contributed by atoms with Gasteiger partial charge in [-0.05, 0) is 30.0 Å². The number of unbranched alkanes of at least 4 members (excludes halogenated alkanes) is 1. The molecule has 2 aromatic carbocycles. The van der Waals surface area contributed by atoms with Crippen LogP contribution in [0.15, 0.2) is 54.6 Å². The third kappa shape index (κ3) is 7.21. The number of nitrogens with zero attached hydrogens (tertiary/aromatic N) is 1. The molecule has 0 saturated carbocycles. The molecule has 1 atom stereocenters. The van der Waals surface area contributed by atoms with E-state index in [2.05, 4.69) is 12.2 Å². The molecule has 0 bridgehead atoms. The summed E-state index contributed by atoms with van der Waals surface area (Å²) in [6, 6.07) is 16.7. The van der Waals surface area contributed by atoms with Crippen LogP contribution in [0, 0.1) is 0 Å². The summed E-state index contributed by atoms with van der Waals surface area (Å²) in [5, 5.41) is 3.62. The molecule has 2 amide bonds. The van der Waals surface area contributed by atoms with Crippen LogP contribution in [0.4, 0.5) is 0 Å². The maximum Gasteiger partial charge on any atom is 0.243 e. The van der Waals surface area contributed by atoms with Gasteiger partial charge < -0.3 is 10.2 Å². The minimum atomic E-state index is -0.579. The molecule has 0 spiro atoms. The number of hydrogen-bond donors (Lipinski definition) is 1. The summed E-state index contributed by atoms with van der Waals surface area (Å²) < 4.78 is 0. The molecule has 2 aromatic rings. The van der Waals surface area contributed by atoms with E-state index in [1.54, 1.807) is 4.90 Å². The zero-order chi connectivity index (χ0) is 21.1. The van der Waals surface area contributed by atoms with Gasteiger partial charge in [-0.2, -0.15) is 0 Å². The van der Waals surface area contributed by atoms with E-state index in [9.17, 15) is 9.59 Å². The van der Waals surface area contributed by atoms with Crippen molar-refractivity contribution in [3.05, 3.63) is 70.7 Å². The van der Waals surface area contributed by atoms with Gasteiger partial charge >= 0.3 is 0 Å². The zero-order valence-corrected chi connectivity index (χ0v) is 18.1. The summed E-state index contributed by atoms with van der Waals surface area (Å²) in [5.41, 5.74) is 1.87. The molecule has 0 radical (unpaired) electrons. The maximum absolute atomic E-state index is 13.1. The lowest BCUT2D eigenvalue weighted by atomic mass is 10.0. The molecule has 0 unspecified atom stereocenters. The molecule has 5 heteroatoms. The average molecular weight is 415 g/mol. The van der Waals surface area contributed by atoms with E-state index in [-0.39, 0.29) is 11.8 Å². The molecule has 0 fully saturated rings. The minimum absolute atomic E-state index is 0.0287.